The number of Topliss-reactive ketones (excluding diaryl/α,β-unsaturated/α-hetero) is 1. The molecule has 3 amide bonds. The number of primary amides is 1. The van der Waals surface area contributed by atoms with Gasteiger partial charge in [-0.25, -0.2) is 0 Å². The Balaban J connectivity index is 2.96. The van der Waals surface area contributed by atoms with Crippen molar-refractivity contribution in [2.45, 2.75) is 46.0 Å². The third kappa shape index (κ3) is 5.33. The fourth-order valence-electron chi connectivity index (χ4n) is 3.01. The minimum absolute atomic E-state index is 0.127. The van der Waals surface area contributed by atoms with Crippen LogP contribution in [0.1, 0.15) is 46.0 Å². The summed E-state index contributed by atoms with van der Waals surface area (Å²) in [6.45, 7) is 4.58. The molecule has 0 saturated carbocycles. The number of nitrogens with one attached hydrogen (secondary N) is 2. The fourth-order valence-corrected chi connectivity index (χ4v) is 3.01. The third-order valence-corrected chi connectivity index (χ3v) is 4.32. The van der Waals surface area contributed by atoms with Gasteiger partial charge in [-0.05, 0) is 26.2 Å². The number of rotatable bonds is 10. The van der Waals surface area contributed by atoms with Crippen LogP contribution in [-0.2, 0) is 19.2 Å². The molecule has 1 aliphatic rings. The smallest absolute Gasteiger partial charge is 0.287 e. The highest BCUT2D eigenvalue weighted by Gasteiger charge is 2.39. The van der Waals surface area contributed by atoms with E-state index in [0.717, 1.165) is 12.8 Å². The molecule has 0 bridgehead atoms. The molecule has 0 aromatic rings. The highest BCUT2D eigenvalue weighted by atomic mass is 16.2. The fraction of sp³-hybridized carbons (Fsp3) is 0.750. The first-order valence-corrected chi connectivity index (χ1v) is 8.31. The number of nitrogens with two attached hydrogens (primary N) is 1. The SMILES string of the molecule is CCCCC(C(N)=O)[C@H](C[C@H]1CCNC1=O)C(=O)C(=O)NCC. The molecule has 0 aromatic carbocycles. The Morgan fingerprint density at radius 3 is 2.48 bits per heavy atom. The van der Waals surface area contributed by atoms with Crippen LogP contribution in [0.4, 0.5) is 0 Å². The number of hydrogen-bond acceptors (Lipinski definition) is 4. The number of carbonyl (C=O) groups is 4. The molecule has 0 spiro atoms. The molecule has 1 rings (SSSR count). The Labute approximate surface area is 136 Å². The van der Waals surface area contributed by atoms with Crippen molar-refractivity contribution >= 4 is 23.5 Å². The van der Waals surface area contributed by atoms with Gasteiger partial charge in [-0.3, -0.25) is 19.2 Å². The van der Waals surface area contributed by atoms with E-state index in [2.05, 4.69) is 10.6 Å². The molecular formula is C16H27N3O4. The number of likely N-dealkylation sites (N-methyl/N-ethyl adjacent to an activating group) is 1. The number of carbonyl (C=O) groups excluding carboxylic acids is 4. The molecule has 1 unspecified atom stereocenters. The van der Waals surface area contributed by atoms with Crippen LogP contribution < -0.4 is 16.4 Å². The Kier molecular flexibility index (Phi) is 7.71. The van der Waals surface area contributed by atoms with Gasteiger partial charge in [0.15, 0.2) is 0 Å². The van der Waals surface area contributed by atoms with Crippen LogP contribution in [0.2, 0.25) is 0 Å². The van der Waals surface area contributed by atoms with E-state index in [-0.39, 0.29) is 18.2 Å². The summed E-state index contributed by atoms with van der Waals surface area (Å²) in [6, 6.07) is 0. The average molecular weight is 325 g/mol. The maximum absolute atomic E-state index is 12.5. The normalized spacial score (nSPS) is 19.7. The quantitative estimate of drug-likeness (QED) is 0.494. The predicted molar refractivity (Wildman–Crippen MR) is 85.1 cm³/mol. The van der Waals surface area contributed by atoms with Crippen molar-refractivity contribution in [1.29, 1.82) is 0 Å². The van der Waals surface area contributed by atoms with Gasteiger partial charge in [0.25, 0.3) is 5.91 Å². The Morgan fingerprint density at radius 2 is 2.00 bits per heavy atom. The first-order valence-electron chi connectivity index (χ1n) is 8.31. The molecule has 1 aliphatic heterocycles. The van der Waals surface area contributed by atoms with Gasteiger partial charge in [-0.15, -0.1) is 0 Å². The average Bonchev–Trinajstić information content (AvgIpc) is 2.90. The zero-order chi connectivity index (χ0) is 17.4. The maximum atomic E-state index is 12.5. The summed E-state index contributed by atoms with van der Waals surface area (Å²) in [5.74, 6) is -3.96. The molecule has 0 radical (unpaired) electrons. The second kappa shape index (κ2) is 9.27. The lowest BCUT2D eigenvalue weighted by Crippen LogP contribution is -2.43. The summed E-state index contributed by atoms with van der Waals surface area (Å²) in [5.41, 5.74) is 5.48. The topological polar surface area (TPSA) is 118 Å². The van der Waals surface area contributed by atoms with E-state index in [1.807, 2.05) is 6.92 Å². The number of hydrogen-bond donors (Lipinski definition) is 3. The number of unbranched alkanes of at least 4 members (excludes halogenated alkanes) is 1. The van der Waals surface area contributed by atoms with Gasteiger partial charge < -0.3 is 16.4 Å². The number of ketones is 1. The predicted octanol–water partition coefficient (Wildman–Crippen LogP) is 0.126. The lowest BCUT2D eigenvalue weighted by atomic mass is 9.78. The maximum Gasteiger partial charge on any atom is 0.287 e. The second-order valence-electron chi connectivity index (χ2n) is 5.99. The lowest BCUT2D eigenvalue weighted by molar-refractivity contribution is -0.144. The van der Waals surface area contributed by atoms with Crippen LogP contribution >= 0.6 is 0 Å². The van der Waals surface area contributed by atoms with E-state index in [1.165, 1.54) is 0 Å². The largest absolute Gasteiger partial charge is 0.369 e. The van der Waals surface area contributed by atoms with Crippen LogP contribution in [0.25, 0.3) is 0 Å². The summed E-state index contributed by atoms with van der Waals surface area (Å²) >= 11 is 0. The zero-order valence-corrected chi connectivity index (χ0v) is 13.9. The van der Waals surface area contributed by atoms with Crippen LogP contribution in [-0.4, -0.2) is 36.6 Å². The van der Waals surface area contributed by atoms with Crippen LogP contribution in [0.5, 0.6) is 0 Å². The molecule has 130 valence electrons. The number of amides is 3. The summed E-state index contributed by atoms with van der Waals surface area (Å²) < 4.78 is 0. The molecule has 3 atom stereocenters. The standard InChI is InChI=1S/C16H27N3O4/c1-3-5-6-11(14(17)21)12(13(20)16(23)18-4-2)9-10-7-8-19-15(10)22/h10-12H,3-9H2,1-2H3,(H2,17,21)(H,18,23)(H,19,22)/t10-,11?,12+/m1/s1. The monoisotopic (exact) mass is 325 g/mol. The van der Waals surface area contributed by atoms with Gasteiger partial charge >= 0.3 is 0 Å². The van der Waals surface area contributed by atoms with Gasteiger partial charge in [0.2, 0.25) is 17.6 Å². The molecule has 4 N–H and O–H groups in total. The van der Waals surface area contributed by atoms with E-state index >= 15 is 0 Å². The van der Waals surface area contributed by atoms with E-state index in [4.69, 9.17) is 5.73 Å². The Bertz CT molecular complexity index is 464. The molecule has 1 saturated heterocycles. The van der Waals surface area contributed by atoms with Crippen molar-refractivity contribution in [1.82, 2.24) is 10.6 Å². The van der Waals surface area contributed by atoms with E-state index in [9.17, 15) is 19.2 Å². The van der Waals surface area contributed by atoms with Gasteiger partial charge in [0, 0.05) is 30.8 Å². The molecule has 23 heavy (non-hydrogen) atoms. The summed E-state index contributed by atoms with van der Waals surface area (Å²) in [5, 5.41) is 5.18. The van der Waals surface area contributed by atoms with Crippen molar-refractivity contribution in [3.05, 3.63) is 0 Å². The van der Waals surface area contributed by atoms with Crippen molar-refractivity contribution in [2.24, 2.45) is 23.5 Å². The first kappa shape index (κ1) is 19.1. The summed E-state index contributed by atoms with van der Waals surface area (Å²) in [4.78, 5) is 48.0. The van der Waals surface area contributed by atoms with Crippen LogP contribution in [0.15, 0.2) is 0 Å². The van der Waals surface area contributed by atoms with Gasteiger partial charge in [-0.2, -0.15) is 0 Å². The van der Waals surface area contributed by atoms with Crippen molar-refractivity contribution in [3.63, 3.8) is 0 Å². The Hall–Kier alpha value is -1.92. The second-order valence-corrected chi connectivity index (χ2v) is 5.99. The van der Waals surface area contributed by atoms with Crippen molar-refractivity contribution in [2.75, 3.05) is 13.1 Å². The van der Waals surface area contributed by atoms with Gasteiger partial charge in [-0.1, -0.05) is 19.8 Å². The minimum Gasteiger partial charge on any atom is -0.369 e. The third-order valence-electron chi connectivity index (χ3n) is 4.32. The van der Waals surface area contributed by atoms with Gasteiger partial charge in [0.05, 0.1) is 0 Å². The van der Waals surface area contributed by atoms with Crippen molar-refractivity contribution < 1.29 is 19.2 Å². The van der Waals surface area contributed by atoms with Crippen molar-refractivity contribution in [3.8, 4) is 0 Å². The molecule has 7 heteroatoms. The highest BCUT2D eigenvalue weighted by Crippen LogP contribution is 2.29. The molecule has 1 fully saturated rings. The van der Waals surface area contributed by atoms with E-state index < -0.39 is 29.4 Å². The molecule has 1 heterocycles. The molecule has 0 aliphatic carbocycles. The lowest BCUT2D eigenvalue weighted by Gasteiger charge is -2.25. The highest BCUT2D eigenvalue weighted by molar-refractivity contribution is 6.37. The summed E-state index contributed by atoms with van der Waals surface area (Å²) in [6.07, 6.45) is 2.85. The molecule has 0 aromatic heterocycles. The Morgan fingerprint density at radius 1 is 1.30 bits per heavy atom. The zero-order valence-electron chi connectivity index (χ0n) is 13.9. The van der Waals surface area contributed by atoms with E-state index in [1.54, 1.807) is 6.92 Å². The van der Waals surface area contributed by atoms with E-state index in [0.29, 0.717) is 25.9 Å². The minimum atomic E-state index is -0.834. The summed E-state index contributed by atoms with van der Waals surface area (Å²) in [7, 11) is 0. The molecular weight excluding hydrogens is 298 g/mol. The first-order chi connectivity index (χ1) is 10.9. The van der Waals surface area contributed by atoms with Crippen LogP contribution in [0, 0.1) is 17.8 Å². The van der Waals surface area contributed by atoms with Crippen LogP contribution in [0.3, 0.4) is 0 Å². The van der Waals surface area contributed by atoms with Gasteiger partial charge in [0.1, 0.15) is 0 Å². The molecule has 7 nitrogen and oxygen atoms in total.